The molecule has 1 aliphatic carbocycles. The molecule has 3 atom stereocenters. The monoisotopic (exact) mass is 447 g/mol. The molecule has 5 rings (SSSR count). The number of halogens is 4. The van der Waals surface area contributed by atoms with Crippen molar-refractivity contribution in [1.29, 1.82) is 0 Å². The number of aromatic nitrogens is 5. The second-order valence-electron chi connectivity index (χ2n) is 7.85. The van der Waals surface area contributed by atoms with Crippen LogP contribution in [0.5, 0.6) is 0 Å². The van der Waals surface area contributed by atoms with Gasteiger partial charge in [0.05, 0.1) is 30.8 Å². The summed E-state index contributed by atoms with van der Waals surface area (Å²) < 4.78 is 52.8. The number of benzene rings is 1. The number of anilines is 1. The number of nitrogens with zero attached hydrogens (tertiary/aromatic N) is 6. The van der Waals surface area contributed by atoms with E-state index in [2.05, 4.69) is 25.5 Å². The summed E-state index contributed by atoms with van der Waals surface area (Å²) in [7, 11) is 0. The molecule has 32 heavy (non-hydrogen) atoms. The van der Waals surface area contributed by atoms with E-state index in [4.69, 9.17) is 0 Å². The predicted octanol–water partition coefficient (Wildman–Crippen LogP) is 2.93. The van der Waals surface area contributed by atoms with E-state index in [-0.39, 0.29) is 35.1 Å². The van der Waals surface area contributed by atoms with Crippen LogP contribution >= 0.6 is 0 Å². The first-order valence-corrected chi connectivity index (χ1v) is 9.93. The van der Waals surface area contributed by atoms with Gasteiger partial charge in [-0.05, 0) is 30.9 Å². The molecule has 1 N–H and O–H groups in total. The normalized spacial score (nSPS) is 22.4. The number of carbonyl (C=O) groups is 1. The molecule has 2 fully saturated rings. The third kappa shape index (κ3) is 3.55. The fraction of sp³-hybridized carbons (Fsp3) is 0.350. The fourth-order valence-corrected chi connectivity index (χ4v) is 4.53. The minimum absolute atomic E-state index is 0.121. The van der Waals surface area contributed by atoms with E-state index in [1.54, 1.807) is 11.0 Å². The van der Waals surface area contributed by atoms with Gasteiger partial charge in [-0.15, -0.1) is 0 Å². The zero-order valence-electron chi connectivity index (χ0n) is 16.5. The van der Waals surface area contributed by atoms with Crippen molar-refractivity contribution in [3.05, 3.63) is 60.1 Å². The lowest BCUT2D eigenvalue weighted by Crippen LogP contribution is -2.48. The van der Waals surface area contributed by atoms with Crippen molar-refractivity contribution >= 4 is 11.7 Å². The zero-order chi connectivity index (χ0) is 22.5. The number of rotatable bonds is 4. The van der Waals surface area contributed by atoms with Gasteiger partial charge in [0.1, 0.15) is 22.9 Å². The summed E-state index contributed by atoms with van der Waals surface area (Å²) in [5, 5.41) is 11.1. The van der Waals surface area contributed by atoms with Crippen molar-refractivity contribution in [2.45, 2.75) is 31.1 Å². The Hall–Kier alpha value is -3.57. The van der Waals surface area contributed by atoms with Gasteiger partial charge in [-0.2, -0.15) is 28.2 Å². The lowest BCUT2D eigenvalue weighted by Gasteiger charge is -2.34. The third-order valence-corrected chi connectivity index (χ3v) is 5.86. The molecular weight excluding hydrogens is 430 g/mol. The summed E-state index contributed by atoms with van der Waals surface area (Å²) in [6.45, 7) is 0.473. The highest BCUT2D eigenvalue weighted by Crippen LogP contribution is 2.40. The van der Waals surface area contributed by atoms with Gasteiger partial charge in [-0.25, -0.2) is 14.4 Å². The van der Waals surface area contributed by atoms with Crippen molar-refractivity contribution < 1.29 is 22.4 Å². The van der Waals surface area contributed by atoms with E-state index < -0.39 is 23.6 Å². The molecule has 1 saturated carbocycles. The number of alkyl halides is 3. The molecule has 166 valence electrons. The number of fused-ring (bicyclic) bond motifs is 2. The van der Waals surface area contributed by atoms with Gasteiger partial charge in [-0.1, -0.05) is 6.07 Å². The third-order valence-electron chi connectivity index (χ3n) is 5.86. The van der Waals surface area contributed by atoms with Crippen LogP contribution in [0.2, 0.25) is 0 Å². The number of piperidine rings is 1. The Morgan fingerprint density at radius 3 is 2.53 bits per heavy atom. The summed E-state index contributed by atoms with van der Waals surface area (Å²) in [5.41, 5.74) is -0.961. The molecule has 3 aromatic rings. The Bertz CT molecular complexity index is 1130. The molecule has 0 spiro atoms. The molecule has 0 radical (unpaired) electrons. The quantitative estimate of drug-likeness (QED) is 0.619. The van der Waals surface area contributed by atoms with Gasteiger partial charge in [0.25, 0.3) is 5.91 Å². The van der Waals surface area contributed by atoms with E-state index in [1.165, 1.54) is 29.3 Å². The summed E-state index contributed by atoms with van der Waals surface area (Å²) in [6, 6.07) is 3.77. The van der Waals surface area contributed by atoms with Crippen LogP contribution in [0.15, 0.2) is 43.0 Å². The van der Waals surface area contributed by atoms with Gasteiger partial charge >= 0.3 is 6.18 Å². The van der Waals surface area contributed by atoms with Crippen molar-refractivity contribution in [2.24, 2.45) is 5.92 Å². The molecule has 2 aliphatic rings. The number of hydrogen-bond donors (Lipinski definition) is 1. The van der Waals surface area contributed by atoms with Crippen LogP contribution in [0.25, 0.3) is 5.69 Å². The molecule has 1 saturated heterocycles. The van der Waals surface area contributed by atoms with Crippen LogP contribution in [0.1, 0.15) is 28.9 Å². The molecule has 8 nitrogen and oxygen atoms in total. The topological polar surface area (TPSA) is 88.8 Å². The number of amides is 1. The number of nitrogens with one attached hydrogen (secondary N) is 1. The average molecular weight is 447 g/mol. The first-order valence-electron chi connectivity index (χ1n) is 9.93. The van der Waals surface area contributed by atoms with E-state index >= 15 is 0 Å². The van der Waals surface area contributed by atoms with Gasteiger partial charge in [0.15, 0.2) is 5.69 Å². The first-order chi connectivity index (χ1) is 15.3. The summed E-state index contributed by atoms with van der Waals surface area (Å²) >= 11 is 0. The van der Waals surface area contributed by atoms with Crippen LogP contribution in [-0.4, -0.2) is 54.4 Å². The lowest BCUT2D eigenvalue weighted by molar-refractivity contribution is -0.141. The fourth-order valence-electron chi connectivity index (χ4n) is 4.53. The summed E-state index contributed by atoms with van der Waals surface area (Å²) in [5.74, 6) is -0.768. The van der Waals surface area contributed by atoms with Crippen LogP contribution in [0.3, 0.4) is 0 Å². The molecule has 2 bridgehead atoms. The van der Waals surface area contributed by atoms with E-state index in [1.807, 2.05) is 0 Å². The van der Waals surface area contributed by atoms with Crippen molar-refractivity contribution in [2.75, 3.05) is 11.9 Å². The Morgan fingerprint density at radius 2 is 1.88 bits per heavy atom. The minimum Gasteiger partial charge on any atom is -0.364 e. The maximum Gasteiger partial charge on any atom is 0.434 e. The zero-order valence-corrected chi connectivity index (χ0v) is 16.5. The number of hydrogen-bond acceptors (Lipinski definition) is 6. The maximum atomic E-state index is 14.7. The molecule has 12 heteroatoms. The standard InChI is InChI=1S/C20H17F4N7O/c21-12-2-1-3-14(31-27-4-5-28-31)18(12)19(32)30-10-11-6-13(15(30)7-11)29-17-9-25-16(8-26-17)20(22,23)24/h1-5,8-9,11,13,15H,6-7,10H2,(H,26,29)/t11-,13-,15+/m1/s1. The Kier molecular flexibility index (Phi) is 4.79. The Labute approximate surface area is 179 Å². The van der Waals surface area contributed by atoms with Gasteiger partial charge in [0.2, 0.25) is 0 Å². The van der Waals surface area contributed by atoms with E-state index in [0.29, 0.717) is 19.2 Å². The Morgan fingerprint density at radius 1 is 1.09 bits per heavy atom. The van der Waals surface area contributed by atoms with Crippen LogP contribution < -0.4 is 5.32 Å². The highest BCUT2D eigenvalue weighted by molar-refractivity contribution is 5.98. The molecule has 1 aromatic carbocycles. The van der Waals surface area contributed by atoms with E-state index in [0.717, 1.165) is 12.6 Å². The molecule has 3 heterocycles. The smallest absolute Gasteiger partial charge is 0.364 e. The molecule has 1 aliphatic heterocycles. The highest BCUT2D eigenvalue weighted by Gasteiger charge is 2.48. The minimum atomic E-state index is -4.57. The second kappa shape index (κ2) is 7.53. The SMILES string of the molecule is O=C(c1c(F)cccc1-n1nccn1)N1C[C@@H]2C[C@@H](Nc3cnc(C(F)(F)F)cn3)[C@@H]1C2. The summed E-state index contributed by atoms with van der Waals surface area (Å²) in [6.07, 6.45) is 1.43. The van der Waals surface area contributed by atoms with Gasteiger partial charge in [-0.3, -0.25) is 4.79 Å². The predicted molar refractivity (Wildman–Crippen MR) is 103 cm³/mol. The molecular formula is C20H17F4N7O. The Balaban J connectivity index is 1.37. The summed E-state index contributed by atoms with van der Waals surface area (Å²) in [4.78, 5) is 23.4. The van der Waals surface area contributed by atoms with Crippen LogP contribution in [0.4, 0.5) is 23.4 Å². The molecule has 1 amide bonds. The van der Waals surface area contributed by atoms with Crippen LogP contribution in [0, 0.1) is 11.7 Å². The first kappa shape index (κ1) is 20.3. The number of likely N-dealkylation sites (tertiary alicyclic amines) is 1. The second-order valence-corrected chi connectivity index (χ2v) is 7.85. The van der Waals surface area contributed by atoms with Crippen molar-refractivity contribution in [3.8, 4) is 5.69 Å². The lowest BCUT2D eigenvalue weighted by atomic mass is 10.0. The van der Waals surface area contributed by atoms with Crippen molar-refractivity contribution in [1.82, 2.24) is 29.9 Å². The average Bonchev–Trinajstić information content (AvgIpc) is 3.50. The highest BCUT2D eigenvalue weighted by atomic mass is 19.4. The largest absolute Gasteiger partial charge is 0.434 e. The van der Waals surface area contributed by atoms with Gasteiger partial charge < -0.3 is 10.2 Å². The van der Waals surface area contributed by atoms with Gasteiger partial charge in [0, 0.05) is 12.6 Å². The molecule has 0 unspecified atom stereocenters. The van der Waals surface area contributed by atoms with Crippen molar-refractivity contribution in [3.63, 3.8) is 0 Å². The molecule has 2 aromatic heterocycles. The van der Waals surface area contributed by atoms with E-state index in [9.17, 15) is 22.4 Å². The number of carbonyl (C=O) groups excluding carboxylic acids is 1. The maximum absolute atomic E-state index is 14.7. The van der Waals surface area contributed by atoms with Crippen LogP contribution in [-0.2, 0) is 6.18 Å².